The van der Waals surface area contributed by atoms with E-state index >= 15 is 0 Å². The summed E-state index contributed by atoms with van der Waals surface area (Å²) in [7, 11) is 0. The summed E-state index contributed by atoms with van der Waals surface area (Å²) in [6, 6.07) is 4.73. The van der Waals surface area contributed by atoms with Crippen LogP contribution >= 0.6 is 15.9 Å². The average Bonchev–Trinajstić information content (AvgIpc) is 2.29. The van der Waals surface area contributed by atoms with E-state index in [-0.39, 0.29) is 6.42 Å². The maximum atomic E-state index is 12.1. The van der Waals surface area contributed by atoms with Gasteiger partial charge >= 0.3 is 18.1 Å². The molecule has 19 heavy (non-hydrogen) atoms. The van der Waals surface area contributed by atoms with Gasteiger partial charge in [0.1, 0.15) is 6.04 Å². The van der Waals surface area contributed by atoms with Crippen molar-refractivity contribution < 1.29 is 27.9 Å². The molecular formula is C11H9BrF3NO3. The summed E-state index contributed by atoms with van der Waals surface area (Å²) in [5, 5.41) is 10.3. The summed E-state index contributed by atoms with van der Waals surface area (Å²) in [6.45, 7) is 0. The highest BCUT2D eigenvalue weighted by Gasteiger charge is 2.40. The summed E-state index contributed by atoms with van der Waals surface area (Å²) >= 11 is 3.17. The molecule has 0 fully saturated rings. The predicted molar refractivity (Wildman–Crippen MR) is 63.5 cm³/mol. The van der Waals surface area contributed by atoms with Crippen LogP contribution < -0.4 is 5.32 Å². The Morgan fingerprint density at radius 3 is 2.21 bits per heavy atom. The van der Waals surface area contributed by atoms with Gasteiger partial charge in [-0.1, -0.05) is 28.1 Å². The molecule has 1 aromatic rings. The SMILES string of the molecule is O=C(O)[C@H](Cc1ccc(Br)cc1)NC(=O)C(F)(F)F. The molecule has 0 unspecified atom stereocenters. The van der Waals surface area contributed by atoms with E-state index in [2.05, 4.69) is 15.9 Å². The largest absolute Gasteiger partial charge is 0.480 e. The zero-order valence-electron chi connectivity index (χ0n) is 9.37. The highest BCUT2D eigenvalue weighted by atomic mass is 79.9. The van der Waals surface area contributed by atoms with Crippen LogP contribution in [-0.4, -0.2) is 29.2 Å². The van der Waals surface area contributed by atoms with Crippen molar-refractivity contribution in [2.45, 2.75) is 18.6 Å². The van der Waals surface area contributed by atoms with Gasteiger partial charge in [0.25, 0.3) is 0 Å². The van der Waals surface area contributed by atoms with E-state index in [4.69, 9.17) is 5.11 Å². The van der Waals surface area contributed by atoms with Gasteiger partial charge in [-0.15, -0.1) is 0 Å². The van der Waals surface area contributed by atoms with E-state index in [1.54, 1.807) is 24.3 Å². The Morgan fingerprint density at radius 1 is 1.26 bits per heavy atom. The fourth-order valence-corrected chi connectivity index (χ4v) is 1.56. The molecule has 0 saturated carbocycles. The van der Waals surface area contributed by atoms with Crippen LogP contribution in [0.3, 0.4) is 0 Å². The van der Waals surface area contributed by atoms with Gasteiger partial charge in [-0.25, -0.2) is 4.79 Å². The number of nitrogens with one attached hydrogen (secondary N) is 1. The number of halogens is 4. The number of hydrogen-bond donors (Lipinski definition) is 2. The monoisotopic (exact) mass is 339 g/mol. The first-order valence-corrected chi connectivity index (χ1v) is 5.84. The first-order chi connectivity index (χ1) is 8.70. The Hall–Kier alpha value is -1.57. The lowest BCUT2D eigenvalue weighted by Crippen LogP contribution is -2.47. The second-order valence-electron chi connectivity index (χ2n) is 3.69. The van der Waals surface area contributed by atoms with E-state index in [0.717, 1.165) is 4.47 Å². The maximum absolute atomic E-state index is 12.1. The van der Waals surface area contributed by atoms with Crippen molar-refractivity contribution in [1.29, 1.82) is 0 Å². The fraction of sp³-hybridized carbons (Fsp3) is 0.273. The number of hydrogen-bond acceptors (Lipinski definition) is 2. The van der Waals surface area contributed by atoms with E-state index < -0.39 is 24.1 Å². The summed E-state index contributed by atoms with van der Waals surface area (Å²) in [4.78, 5) is 21.6. The van der Waals surface area contributed by atoms with Gasteiger partial charge in [0.2, 0.25) is 0 Å². The lowest BCUT2D eigenvalue weighted by molar-refractivity contribution is -0.175. The second kappa shape index (κ2) is 6.05. The normalized spacial score (nSPS) is 12.8. The van der Waals surface area contributed by atoms with Gasteiger partial charge in [0.05, 0.1) is 0 Å². The topological polar surface area (TPSA) is 66.4 Å². The first-order valence-electron chi connectivity index (χ1n) is 5.05. The molecule has 1 amide bonds. The number of carbonyl (C=O) groups is 2. The van der Waals surface area contributed by atoms with E-state index in [0.29, 0.717) is 5.56 Å². The highest BCUT2D eigenvalue weighted by molar-refractivity contribution is 9.10. The molecule has 0 heterocycles. The van der Waals surface area contributed by atoms with Crippen LogP contribution in [0, 0.1) is 0 Å². The van der Waals surface area contributed by atoms with Gasteiger partial charge in [-0.2, -0.15) is 13.2 Å². The predicted octanol–water partition coefficient (Wildman–Crippen LogP) is 2.12. The third kappa shape index (κ3) is 4.90. The summed E-state index contributed by atoms with van der Waals surface area (Å²) in [5.41, 5.74) is 0.498. The van der Waals surface area contributed by atoms with Crippen LogP contribution in [0.25, 0.3) is 0 Å². The molecule has 0 spiro atoms. The van der Waals surface area contributed by atoms with Crippen molar-refractivity contribution in [3.05, 3.63) is 34.3 Å². The molecule has 0 aliphatic rings. The Labute approximate surface area is 114 Å². The van der Waals surface area contributed by atoms with Crippen molar-refractivity contribution in [2.75, 3.05) is 0 Å². The first kappa shape index (κ1) is 15.5. The number of alkyl halides is 3. The number of carbonyl (C=O) groups excluding carboxylic acids is 1. The lowest BCUT2D eigenvalue weighted by Gasteiger charge is -2.15. The molecule has 0 aromatic heterocycles. The maximum Gasteiger partial charge on any atom is 0.471 e. The highest BCUT2D eigenvalue weighted by Crippen LogP contribution is 2.16. The molecule has 104 valence electrons. The Kier molecular flexibility index (Phi) is 4.93. The number of amides is 1. The quantitative estimate of drug-likeness (QED) is 0.883. The van der Waals surface area contributed by atoms with Crippen LogP contribution in [0.1, 0.15) is 5.56 Å². The molecule has 2 N–H and O–H groups in total. The third-order valence-corrected chi connectivity index (χ3v) is 2.74. The number of carboxylic acids is 1. The van der Waals surface area contributed by atoms with E-state index in [1.807, 2.05) is 0 Å². The molecule has 0 aliphatic carbocycles. The van der Waals surface area contributed by atoms with Crippen LogP contribution in [-0.2, 0) is 16.0 Å². The fourth-order valence-electron chi connectivity index (χ4n) is 1.30. The second-order valence-corrected chi connectivity index (χ2v) is 4.61. The smallest absolute Gasteiger partial charge is 0.471 e. The Morgan fingerprint density at radius 2 is 1.79 bits per heavy atom. The minimum atomic E-state index is -5.10. The molecule has 1 rings (SSSR count). The molecule has 1 atom stereocenters. The lowest BCUT2D eigenvalue weighted by atomic mass is 10.1. The van der Waals surface area contributed by atoms with E-state index in [1.165, 1.54) is 5.32 Å². The summed E-state index contributed by atoms with van der Waals surface area (Å²) in [5.74, 6) is -3.79. The van der Waals surface area contributed by atoms with Gasteiger partial charge in [-0.05, 0) is 17.7 Å². The molecule has 0 saturated heterocycles. The van der Waals surface area contributed by atoms with Crippen molar-refractivity contribution in [3.63, 3.8) is 0 Å². The van der Waals surface area contributed by atoms with Gasteiger partial charge < -0.3 is 10.4 Å². The third-order valence-electron chi connectivity index (χ3n) is 2.21. The van der Waals surface area contributed by atoms with Crippen LogP contribution in [0.15, 0.2) is 28.7 Å². The molecule has 1 aromatic carbocycles. The van der Waals surface area contributed by atoms with Gasteiger partial charge in [0.15, 0.2) is 0 Å². The van der Waals surface area contributed by atoms with Crippen molar-refractivity contribution >= 4 is 27.8 Å². The standard InChI is InChI=1S/C11H9BrF3NO3/c12-7-3-1-6(2-4-7)5-8(9(17)18)16-10(19)11(13,14)15/h1-4,8H,5H2,(H,16,19)(H,17,18)/t8-/m0/s1. The van der Waals surface area contributed by atoms with Gasteiger partial charge in [-0.3, -0.25) is 4.79 Å². The van der Waals surface area contributed by atoms with Crippen molar-refractivity contribution in [3.8, 4) is 0 Å². The zero-order chi connectivity index (χ0) is 14.6. The zero-order valence-corrected chi connectivity index (χ0v) is 11.0. The Balaban J connectivity index is 2.77. The number of rotatable bonds is 4. The summed E-state index contributed by atoms with van der Waals surface area (Å²) in [6.07, 6.45) is -5.34. The molecule has 0 aliphatic heterocycles. The van der Waals surface area contributed by atoms with E-state index in [9.17, 15) is 22.8 Å². The molecule has 0 bridgehead atoms. The van der Waals surface area contributed by atoms with Crippen molar-refractivity contribution in [1.82, 2.24) is 5.32 Å². The molecule has 4 nitrogen and oxygen atoms in total. The number of aliphatic carboxylic acids is 1. The van der Waals surface area contributed by atoms with Gasteiger partial charge in [0, 0.05) is 10.9 Å². The van der Waals surface area contributed by atoms with Crippen LogP contribution in [0.4, 0.5) is 13.2 Å². The molecule has 8 heteroatoms. The average molecular weight is 340 g/mol. The Bertz CT molecular complexity index is 473. The summed E-state index contributed by atoms with van der Waals surface area (Å²) < 4.78 is 36.9. The van der Waals surface area contributed by atoms with Crippen LogP contribution in [0.5, 0.6) is 0 Å². The number of carboxylic acid groups (broad SMARTS) is 1. The minimum absolute atomic E-state index is 0.232. The minimum Gasteiger partial charge on any atom is -0.480 e. The number of benzene rings is 1. The molecular weight excluding hydrogens is 331 g/mol. The molecule has 0 radical (unpaired) electrons. The van der Waals surface area contributed by atoms with Crippen molar-refractivity contribution in [2.24, 2.45) is 0 Å². The van der Waals surface area contributed by atoms with Crippen LogP contribution in [0.2, 0.25) is 0 Å².